The van der Waals surface area contributed by atoms with Gasteiger partial charge < -0.3 is 9.72 Å². The van der Waals surface area contributed by atoms with Crippen LogP contribution in [-0.4, -0.2) is 17.1 Å². The highest BCUT2D eigenvalue weighted by atomic mass is 35.5. The lowest BCUT2D eigenvalue weighted by Crippen LogP contribution is -2.05. The maximum atomic E-state index is 11.7. The minimum Gasteiger partial charge on any atom is -0.496 e. The first-order chi connectivity index (χ1) is 9.69. The largest absolute Gasteiger partial charge is 0.496 e. The molecule has 0 amide bonds. The molecule has 0 saturated heterocycles. The second kappa shape index (κ2) is 4.98. The third-order valence-electron chi connectivity index (χ3n) is 3.11. The molecular formula is C15H11ClN2O2. The Morgan fingerprint density at radius 3 is 2.85 bits per heavy atom. The van der Waals surface area contributed by atoms with Gasteiger partial charge in [0.15, 0.2) is 0 Å². The van der Waals surface area contributed by atoms with Gasteiger partial charge in [-0.25, -0.2) is 4.98 Å². The normalized spacial score (nSPS) is 10.7. The van der Waals surface area contributed by atoms with Gasteiger partial charge in [-0.05, 0) is 35.9 Å². The van der Waals surface area contributed by atoms with Crippen LogP contribution in [0.1, 0.15) is 0 Å². The number of aromatic nitrogens is 2. The van der Waals surface area contributed by atoms with Crippen LogP contribution in [0.5, 0.6) is 5.75 Å². The van der Waals surface area contributed by atoms with Crippen molar-refractivity contribution in [3.8, 4) is 16.9 Å². The summed E-state index contributed by atoms with van der Waals surface area (Å²) in [6, 6.07) is 10.9. The van der Waals surface area contributed by atoms with E-state index in [4.69, 9.17) is 16.3 Å². The minimum atomic E-state index is -0.153. The number of aromatic amines is 1. The Hall–Kier alpha value is -2.33. The molecular weight excluding hydrogens is 276 g/mol. The number of methoxy groups -OCH3 is 1. The Morgan fingerprint density at radius 1 is 1.20 bits per heavy atom. The smallest absolute Gasteiger partial charge is 0.258 e. The average Bonchev–Trinajstić information content (AvgIpc) is 2.47. The van der Waals surface area contributed by atoms with E-state index in [-0.39, 0.29) is 5.56 Å². The number of nitrogens with zero attached hydrogens (tertiary/aromatic N) is 1. The number of rotatable bonds is 2. The Kier molecular flexibility index (Phi) is 3.16. The number of fused-ring (bicyclic) bond motifs is 1. The number of benzene rings is 2. The van der Waals surface area contributed by atoms with Gasteiger partial charge in [-0.2, -0.15) is 0 Å². The molecule has 20 heavy (non-hydrogen) atoms. The van der Waals surface area contributed by atoms with Crippen LogP contribution in [0.3, 0.4) is 0 Å². The highest BCUT2D eigenvalue weighted by Gasteiger charge is 2.08. The second-order valence-electron chi connectivity index (χ2n) is 4.31. The third-order valence-corrected chi connectivity index (χ3v) is 3.35. The second-order valence-corrected chi connectivity index (χ2v) is 4.74. The van der Waals surface area contributed by atoms with Crippen molar-refractivity contribution in [1.82, 2.24) is 9.97 Å². The lowest BCUT2D eigenvalue weighted by molar-refractivity contribution is 0.416. The first kappa shape index (κ1) is 12.7. The number of H-pyrrole nitrogens is 1. The van der Waals surface area contributed by atoms with Gasteiger partial charge in [0.25, 0.3) is 5.56 Å². The van der Waals surface area contributed by atoms with Crippen molar-refractivity contribution in [2.24, 2.45) is 0 Å². The van der Waals surface area contributed by atoms with E-state index >= 15 is 0 Å². The van der Waals surface area contributed by atoms with Gasteiger partial charge in [0, 0.05) is 10.6 Å². The molecule has 3 aromatic rings. The standard InChI is InChI=1S/C15H11ClN2O2/c1-20-14-5-3-10(16)7-12(14)9-2-4-11-13(6-9)17-8-18-15(11)19/h2-8H,1H3,(H,17,18,19). The van der Waals surface area contributed by atoms with Crippen LogP contribution < -0.4 is 10.3 Å². The molecule has 0 aliphatic heterocycles. The lowest BCUT2D eigenvalue weighted by atomic mass is 10.0. The number of halogens is 1. The van der Waals surface area contributed by atoms with Crippen LogP contribution in [0.4, 0.5) is 0 Å². The molecule has 0 spiro atoms. The van der Waals surface area contributed by atoms with Crippen LogP contribution in [0, 0.1) is 0 Å². The monoisotopic (exact) mass is 286 g/mol. The Bertz CT molecular complexity index is 843. The zero-order chi connectivity index (χ0) is 14.1. The van der Waals surface area contributed by atoms with E-state index in [1.807, 2.05) is 24.3 Å². The van der Waals surface area contributed by atoms with Crippen molar-refractivity contribution in [3.63, 3.8) is 0 Å². The SMILES string of the molecule is COc1ccc(Cl)cc1-c1ccc2c(=O)[nH]cnc2c1. The fourth-order valence-electron chi connectivity index (χ4n) is 2.14. The number of ether oxygens (including phenoxy) is 1. The Labute approximate surface area is 120 Å². The first-order valence-corrected chi connectivity index (χ1v) is 6.38. The van der Waals surface area contributed by atoms with E-state index in [9.17, 15) is 4.79 Å². The summed E-state index contributed by atoms with van der Waals surface area (Å²) in [7, 11) is 1.61. The molecule has 0 atom stereocenters. The third kappa shape index (κ3) is 2.14. The van der Waals surface area contributed by atoms with E-state index in [1.165, 1.54) is 6.33 Å². The number of nitrogens with one attached hydrogen (secondary N) is 1. The molecule has 0 bridgehead atoms. The molecule has 0 unspecified atom stereocenters. The van der Waals surface area contributed by atoms with Crippen molar-refractivity contribution >= 4 is 22.5 Å². The number of hydrogen-bond acceptors (Lipinski definition) is 3. The van der Waals surface area contributed by atoms with Crippen molar-refractivity contribution in [2.45, 2.75) is 0 Å². The molecule has 1 aromatic heterocycles. The van der Waals surface area contributed by atoms with Gasteiger partial charge in [-0.15, -0.1) is 0 Å². The van der Waals surface area contributed by atoms with Gasteiger partial charge in [-0.1, -0.05) is 17.7 Å². The zero-order valence-corrected chi connectivity index (χ0v) is 11.4. The summed E-state index contributed by atoms with van der Waals surface area (Å²) >= 11 is 6.04. The summed E-state index contributed by atoms with van der Waals surface area (Å²) in [5.41, 5.74) is 2.24. The minimum absolute atomic E-state index is 0.153. The van der Waals surface area contributed by atoms with E-state index in [2.05, 4.69) is 9.97 Å². The molecule has 0 aliphatic carbocycles. The lowest BCUT2D eigenvalue weighted by Gasteiger charge is -2.09. The molecule has 1 heterocycles. The molecule has 3 rings (SSSR count). The van der Waals surface area contributed by atoms with Crippen LogP contribution in [0.2, 0.25) is 5.02 Å². The summed E-state index contributed by atoms with van der Waals surface area (Å²) in [5.74, 6) is 0.721. The van der Waals surface area contributed by atoms with E-state index in [0.29, 0.717) is 15.9 Å². The molecule has 0 radical (unpaired) electrons. The highest BCUT2D eigenvalue weighted by Crippen LogP contribution is 2.33. The maximum Gasteiger partial charge on any atom is 0.258 e. The molecule has 0 aliphatic rings. The van der Waals surface area contributed by atoms with Crippen molar-refractivity contribution in [1.29, 1.82) is 0 Å². The Balaban J connectivity index is 2.25. The molecule has 100 valence electrons. The molecule has 5 heteroatoms. The fraction of sp³-hybridized carbons (Fsp3) is 0.0667. The molecule has 1 N–H and O–H groups in total. The van der Waals surface area contributed by atoms with E-state index in [0.717, 1.165) is 16.9 Å². The van der Waals surface area contributed by atoms with E-state index < -0.39 is 0 Å². The summed E-state index contributed by atoms with van der Waals surface area (Å²) in [4.78, 5) is 18.4. The van der Waals surface area contributed by atoms with E-state index in [1.54, 1.807) is 19.2 Å². The first-order valence-electron chi connectivity index (χ1n) is 6.00. The predicted molar refractivity (Wildman–Crippen MR) is 79.4 cm³/mol. The molecule has 0 fully saturated rings. The van der Waals surface area contributed by atoms with Gasteiger partial charge in [-0.3, -0.25) is 4.79 Å². The average molecular weight is 287 g/mol. The van der Waals surface area contributed by atoms with Crippen LogP contribution in [0.15, 0.2) is 47.5 Å². The molecule has 2 aromatic carbocycles. The van der Waals surface area contributed by atoms with Crippen LogP contribution >= 0.6 is 11.6 Å². The van der Waals surface area contributed by atoms with Gasteiger partial charge >= 0.3 is 0 Å². The highest BCUT2D eigenvalue weighted by molar-refractivity contribution is 6.31. The topological polar surface area (TPSA) is 55.0 Å². The van der Waals surface area contributed by atoms with Crippen molar-refractivity contribution < 1.29 is 4.74 Å². The van der Waals surface area contributed by atoms with Gasteiger partial charge in [0.2, 0.25) is 0 Å². The van der Waals surface area contributed by atoms with Crippen LogP contribution in [-0.2, 0) is 0 Å². The summed E-state index contributed by atoms with van der Waals surface area (Å²) in [6.07, 6.45) is 1.39. The molecule has 0 saturated carbocycles. The summed E-state index contributed by atoms with van der Waals surface area (Å²) in [5, 5.41) is 1.18. The fourth-order valence-corrected chi connectivity index (χ4v) is 2.31. The van der Waals surface area contributed by atoms with Crippen molar-refractivity contribution in [2.75, 3.05) is 7.11 Å². The predicted octanol–water partition coefficient (Wildman–Crippen LogP) is 3.25. The maximum absolute atomic E-state index is 11.7. The zero-order valence-electron chi connectivity index (χ0n) is 10.7. The summed E-state index contributed by atoms with van der Waals surface area (Å²) < 4.78 is 5.34. The summed E-state index contributed by atoms with van der Waals surface area (Å²) in [6.45, 7) is 0. The van der Waals surface area contributed by atoms with Gasteiger partial charge in [0.1, 0.15) is 5.75 Å². The molecule has 4 nitrogen and oxygen atoms in total. The van der Waals surface area contributed by atoms with Gasteiger partial charge in [0.05, 0.1) is 24.3 Å². The van der Waals surface area contributed by atoms with Crippen LogP contribution in [0.25, 0.3) is 22.0 Å². The number of hydrogen-bond donors (Lipinski definition) is 1. The van der Waals surface area contributed by atoms with Crippen molar-refractivity contribution in [3.05, 3.63) is 58.1 Å². The quantitative estimate of drug-likeness (QED) is 0.787. The Morgan fingerprint density at radius 2 is 2.05 bits per heavy atom.